The summed E-state index contributed by atoms with van der Waals surface area (Å²) in [7, 11) is 0. The van der Waals surface area contributed by atoms with Crippen LogP contribution in [0.15, 0.2) is 15.9 Å². The molecule has 2 rings (SSSR count). The van der Waals surface area contributed by atoms with Crippen molar-refractivity contribution in [1.29, 1.82) is 0 Å². The Morgan fingerprint density at radius 3 is 2.76 bits per heavy atom. The maximum Gasteiger partial charge on any atom is 0.169 e. The van der Waals surface area contributed by atoms with Gasteiger partial charge in [0.1, 0.15) is 5.60 Å². The summed E-state index contributed by atoms with van der Waals surface area (Å²) < 4.78 is 0.976. The Kier molecular flexibility index (Phi) is 4.06. The van der Waals surface area contributed by atoms with Gasteiger partial charge in [-0.2, -0.15) is 0 Å². The number of rotatable bonds is 3. The monoisotopic (exact) mass is 316 g/mol. The van der Waals surface area contributed by atoms with E-state index in [1.807, 2.05) is 11.4 Å². The highest BCUT2D eigenvalue weighted by Gasteiger charge is 2.38. The number of carbonyl (C=O) groups is 1. The Balaban J connectivity index is 2.02. The molecule has 0 aliphatic heterocycles. The summed E-state index contributed by atoms with van der Waals surface area (Å²) in [6, 6.07) is 1.94. The van der Waals surface area contributed by atoms with Gasteiger partial charge < -0.3 is 5.11 Å². The van der Waals surface area contributed by atoms with Gasteiger partial charge in [0.2, 0.25) is 0 Å². The molecule has 1 aromatic heterocycles. The van der Waals surface area contributed by atoms with Crippen molar-refractivity contribution in [2.24, 2.45) is 5.92 Å². The van der Waals surface area contributed by atoms with Crippen LogP contribution in [0.5, 0.6) is 0 Å². The number of halogens is 1. The zero-order valence-electron chi connectivity index (χ0n) is 9.91. The van der Waals surface area contributed by atoms with Crippen LogP contribution >= 0.6 is 27.3 Å². The molecule has 0 spiro atoms. The molecular weight excluding hydrogens is 300 g/mol. The topological polar surface area (TPSA) is 37.3 Å². The van der Waals surface area contributed by atoms with Crippen LogP contribution < -0.4 is 0 Å². The molecule has 17 heavy (non-hydrogen) atoms. The lowest BCUT2D eigenvalue weighted by atomic mass is 9.76. The smallest absolute Gasteiger partial charge is 0.169 e. The van der Waals surface area contributed by atoms with Crippen LogP contribution in [0.25, 0.3) is 0 Å². The van der Waals surface area contributed by atoms with Crippen molar-refractivity contribution in [3.8, 4) is 0 Å². The summed E-state index contributed by atoms with van der Waals surface area (Å²) in [6.07, 6.45) is 3.50. The third-order valence-electron chi connectivity index (χ3n) is 3.63. The summed E-state index contributed by atoms with van der Waals surface area (Å²) in [4.78, 5) is 13.2. The van der Waals surface area contributed by atoms with Gasteiger partial charge in [-0.3, -0.25) is 4.79 Å². The first-order valence-electron chi connectivity index (χ1n) is 5.99. The van der Waals surface area contributed by atoms with Gasteiger partial charge in [-0.15, -0.1) is 11.3 Å². The average Bonchev–Trinajstić information content (AvgIpc) is 2.69. The number of ketones is 1. The Morgan fingerprint density at radius 1 is 1.59 bits per heavy atom. The molecule has 0 amide bonds. The Hall–Kier alpha value is -0.190. The molecule has 1 aromatic rings. The van der Waals surface area contributed by atoms with E-state index in [1.165, 1.54) is 0 Å². The Bertz CT molecular complexity index is 405. The van der Waals surface area contributed by atoms with Crippen molar-refractivity contribution in [2.45, 2.75) is 44.6 Å². The lowest BCUT2D eigenvalue weighted by Crippen LogP contribution is -2.42. The van der Waals surface area contributed by atoms with E-state index in [-0.39, 0.29) is 5.78 Å². The van der Waals surface area contributed by atoms with Gasteiger partial charge >= 0.3 is 0 Å². The highest BCUT2D eigenvalue weighted by molar-refractivity contribution is 9.10. The molecule has 4 heteroatoms. The van der Waals surface area contributed by atoms with Crippen LogP contribution in [0.3, 0.4) is 0 Å². The predicted molar refractivity (Wildman–Crippen MR) is 73.3 cm³/mol. The second kappa shape index (κ2) is 5.21. The summed E-state index contributed by atoms with van der Waals surface area (Å²) in [5.41, 5.74) is -1.07. The molecule has 0 bridgehead atoms. The molecule has 1 saturated carbocycles. The first kappa shape index (κ1) is 13.2. The molecule has 0 radical (unpaired) electrons. The van der Waals surface area contributed by atoms with E-state index in [2.05, 4.69) is 22.9 Å². The highest BCUT2D eigenvalue weighted by atomic mass is 79.9. The molecule has 2 nitrogen and oxygen atoms in total. The molecule has 0 atom stereocenters. The fourth-order valence-corrected chi connectivity index (χ4v) is 3.77. The fourth-order valence-electron chi connectivity index (χ4n) is 2.28. The molecule has 1 fully saturated rings. The standard InChI is InChI=1S/C13H17BrO2S/c1-9-2-5-13(16,6-3-9)12(15)8-11-10(14)4-7-17-11/h4,7,9,16H,2-3,5-6,8H2,1H3. The normalized spacial score (nSPS) is 29.2. The van der Waals surface area contributed by atoms with Crippen LogP contribution in [-0.2, 0) is 11.2 Å². The fraction of sp³-hybridized carbons (Fsp3) is 0.615. The van der Waals surface area contributed by atoms with E-state index in [4.69, 9.17) is 0 Å². The second-order valence-electron chi connectivity index (χ2n) is 5.01. The summed E-state index contributed by atoms with van der Waals surface area (Å²) in [5.74, 6) is 0.615. The minimum atomic E-state index is -1.07. The third-order valence-corrected chi connectivity index (χ3v) is 5.56. The number of hydrogen-bond acceptors (Lipinski definition) is 3. The van der Waals surface area contributed by atoms with E-state index in [1.54, 1.807) is 11.3 Å². The molecule has 1 aliphatic carbocycles. The summed E-state index contributed by atoms with van der Waals surface area (Å²) >= 11 is 4.98. The van der Waals surface area contributed by atoms with Crippen molar-refractivity contribution < 1.29 is 9.90 Å². The minimum Gasteiger partial charge on any atom is -0.382 e. The molecule has 94 valence electrons. The van der Waals surface area contributed by atoms with E-state index in [0.29, 0.717) is 25.2 Å². The number of Topliss-reactive ketones (excluding diaryl/α,β-unsaturated/α-hetero) is 1. The summed E-state index contributed by atoms with van der Waals surface area (Å²) in [5, 5.41) is 12.3. The number of hydrogen-bond donors (Lipinski definition) is 1. The third kappa shape index (κ3) is 2.98. The van der Waals surface area contributed by atoms with Crippen LogP contribution in [0.1, 0.15) is 37.5 Å². The molecule has 0 unspecified atom stereocenters. The van der Waals surface area contributed by atoms with Gasteiger partial charge in [0.05, 0.1) is 0 Å². The molecule has 1 aliphatic rings. The van der Waals surface area contributed by atoms with Crippen LogP contribution in [0.2, 0.25) is 0 Å². The highest BCUT2D eigenvalue weighted by Crippen LogP contribution is 2.34. The van der Waals surface area contributed by atoms with Crippen molar-refractivity contribution in [3.63, 3.8) is 0 Å². The first-order chi connectivity index (χ1) is 8.01. The average molecular weight is 317 g/mol. The Labute approximate surface area is 114 Å². The van der Waals surface area contributed by atoms with Gasteiger partial charge in [-0.1, -0.05) is 6.92 Å². The zero-order chi connectivity index (χ0) is 12.5. The number of thiophene rings is 1. The van der Waals surface area contributed by atoms with Gasteiger partial charge in [-0.05, 0) is 59.0 Å². The SMILES string of the molecule is CC1CCC(O)(C(=O)Cc2sccc2Br)CC1. The molecule has 0 saturated heterocycles. The lowest BCUT2D eigenvalue weighted by Gasteiger charge is -2.33. The zero-order valence-corrected chi connectivity index (χ0v) is 12.3. The lowest BCUT2D eigenvalue weighted by molar-refractivity contribution is -0.140. The van der Waals surface area contributed by atoms with Crippen LogP contribution in [0.4, 0.5) is 0 Å². The molecular formula is C13H17BrO2S. The predicted octanol–water partition coefficient (Wildman–Crippen LogP) is 3.56. The largest absolute Gasteiger partial charge is 0.382 e. The van der Waals surface area contributed by atoms with Crippen LogP contribution in [0, 0.1) is 5.92 Å². The van der Waals surface area contributed by atoms with E-state index < -0.39 is 5.60 Å². The van der Waals surface area contributed by atoms with E-state index in [0.717, 1.165) is 22.2 Å². The number of aliphatic hydroxyl groups is 1. The second-order valence-corrected chi connectivity index (χ2v) is 6.86. The van der Waals surface area contributed by atoms with Gasteiger partial charge in [0.15, 0.2) is 5.78 Å². The molecule has 0 aromatic carbocycles. The molecule has 1 heterocycles. The molecule has 1 N–H and O–H groups in total. The number of carbonyl (C=O) groups excluding carboxylic acids is 1. The maximum absolute atomic E-state index is 12.2. The summed E-state index contributed by atoms with van der Waals surface area (Å²) in [6.45, 7) is 2.18. The van der Waals surface area contributed by atoms with Crippen LogP contribution in [-0.4, -0.2) is 16.5 Å². The van der Waals surface area contributed by atoms with Crippen molar-refractivity contribution in [1.82, 2.24) is 0 Å². The van der Waals surface area contributed by atoms with Gasteiger partial charge in [0, 0.05) is 15.8 Å². The van der Waals surface area contributed by atoms with Crippen molar-refractivity contribution in [3.05, 3.63) is 20.8 Å². The first-order valence-corrected chi connectivity index (χ1v) is 7.66. The van der Waals surface area contributed by atoms with E-state index >= 15 is 0 Å². The Morgan fingerprint density at radius 2 is 2.24 bits per heavy atom. The minimum absolute atomic E-state index is 0.0208. The van der Waals surface area contributed by atoms with Gasteiger partial charge in [-0.25, -0.2) is 0 Å². The van der Waals surface area contributed by atoms with Crippen molar-refractivity contribution >= 4 is 33.0 Å². The van der Waals surface area contributed by atoms with E-state index in [9.17, 15) is 9.90 Å². The maximum atomic E-state index is 12.2. The van der Waals surface area contributed by atoms with Crippen molar-refractivity contribution in [2.75, 3.05) is 0 Å². The quantitative estimate of drug-likeness (QED) is 0.925. The van der Waals surface area contributed by atoms with Gasteiger partial charge in [0.25, 0.3) is 0 Å².